The van der Waals surface area contributed by atoms with Crippen LogP contribution in [0.3, 0.4) is 0 Å². The highest BCUT2D eigenvalue weighted by molar-refractivity contribution is 5.94. The van der Waals surface area contributed by atoms with Crippen molar-refractivity contribution in [3.63, 3.8) is 0 Å². The highest BCUT2D eigenvalue weighted by Crippen LogP contribution is 2.38. The third-order valence-electron chi connectivity index (χ3n) is 7.83. The van der Waals surface area contributed by atoms with Gasteiger partial charge in [0.05, 0.1) is 22.9 Å². The molecule has 1 saturated carbocycles. The average Bonchev–Trinajstić information content (AvgIpc) is 3.74. The number of anilines is 1. The number of likely N-dealkylation sites (tertiary alicyclic amines) is 1. The number of aromatic nitrogens is 2. The minimum Gasteiger partial charge on any atom is -0.351 e. The normalized spacial score (nSPS) is 19.3. The highest BCUT2D eigenvalue weighted by atomic mass is 16.2. The van der Waals surface area contributed by atoms with Crippen molar-refractivity contribution >= 4 is 34.6 Å². The Morgan fingerprint density at radius 1 is 1.13 bits per heavy atom. The summed E-state index contributed by atoms with van der Waals surface area (Å²) in [5, 5.41) is 3.38. The van der Waals surface area contributed by atoms with Crippen molar-refractivity contribution in [2.24, 2.45) is 17.6 Å². The number of hydrogen-bond donors (Lipinski definition) is 2. The molecule has 2 fully saturated rings. The van der Waals surface area contributed by atoms with E-state index in [0.717, 1.165) is 18.4 Å². The van der Waals surface area contributed by atoms with E-state index < -0.39 is 18.0 Å². The Labute approximate surface area is 226 Å². The summed E-state index contributed by atoms with van der Waals surface area (Å²) in [5.41, 5.74) is 7.84. The number of amides is 3. The minimum absolute atomic E-state index is 0.154. The molecule has 204 valence electrons. The molecule has 9 heteroatoms. The van der Waals surface area contributed by atoms with E-state index in [4.69, 9.17) is 5.73 Å². The lowest BCUT2D eigenvalue weighted by molar-refractivity contribution is -0.123. The lowest BCUT2D eigenvalue weighted by atomic mass is 9.83. The van der Waals surface area contributed by atoms with E-state index in [0.29, 0.717) is 54.0 Å². The van der Waals surface area contributed by atoms with Crippen molar-refractivity contribution in [2.75, 3.05) is 11.9 Å². The fourth-order valence-corrected chi connectivity index (χ4v) is 5.71. The molecule has 2 atom stereocenters. The van der Waals surface area contributed by atoms with Gasteiger partial charge in [-0.1, -0.05) is 30.9 Å². The molecule has 1 saturated heterocycles. The van der Waals surface area contributed by atoms with Gasteiger partial charge in [0.1, 0.15) is 0 Å². The molecule has 39 heavy (non-hydrogen) atoms. The topological polar surface area (TPSA) is 119 Å². The fraction of sp³-hybridized carbons (Fsp3) is 0.400. The second-order valence-corrected chi connectivity index (χ2v) is 10.9. The van der Waals surface area contributed by atoms with E-state index in [1.54, 1.807) is 34.9 Å². The summed E-state index contributed by atoms with van der Waals surface area (Å²) < 4.78 is 2.99. The number of piperidine rings is 1. The van der Waals surface area contributed by atoms with E-state index in [-0.39, 0.29) is 23.2 Å². The molecule has 2 aromatic carbocycles. The quantitative estimate of drug-likeness (QED) is 0.475. The molecular formula is C30H35N5O4. The van der Waals surface area contributed by atoms with Crippen LogP contribution in [0.5, 0.6) is 0 Å². The number of hydrogen-bond acceptors (Lipinski definition) is 4. The van der Waals surface area contributed by atoms with Crippen LogP contribution in [-0.2, 0) is 11.3 Å². The Morgan fingerprint density at radius 3 is 2.56 bits per heavy atom. The number of carbonyl (C=O) groups excluding carboxylic acids is 2. The van der Waals surface area contributed by atoms with E-state index in [1.165, 1.54) is 9.47 Å². The Balaban J connectivity index is 1.60. The van der Waals surface area contributed by atoms with Crippen molar-refractivity contribution in [1.82, 2.24) is 14.0 Å². The lowest BCUT2D eigenvalue weighted by Gasteiger charge is -2.40. The van der Waals surface area contributed by atoms with Gasteiger partial charge in [0, 0.05) is 24.8 Å². The molecular weight excluding hydrogens is 494 g/mol. The van der Waals surface area contributed by atoms with E-state index >= 15 is 0 Å². The van der Waals surface area contributed by atoms with Gasteiger partial charge in [-0.15, -0.1) is 0 Å². The number of benzene rings is 2. The number of urea groups is 1. The van der Waals surface area contributed by atoms with E-state index in [9.17, 15) is 19.2 Å². The summed E-state index contributed by atoms with van der Waals surface area (Å²) in [5.74, 6) is -0.473. The molecule has 2 unspecified atom stereocenters. The van der Waals surface area contributed by atoms with Crippen LogP contribution < -0.4 is 22.3 Å². The first-order valence-corrected chi connectivity index (χ1v) is 13.6. The molecule has 3 amide bonds. The van der Waals surface area contributed by atoms with Crippen LogP contribution >= 0.6 is 0 Å². The van der Waals surface area contributed by atoms with Crippen LogP contribution in [0.2, 0.25) is 0 Å². The highest BCUT2D eigenvalue weighted by Gasteiger charge is 2.39. The van der Waals surface area contributed by atoms with Crippen molar-refractivity contribution in [2.45, 2.75) is 58.2 Å². The van der Waals surface area contributed by atoms with Crippen molar-refractivity contribution in [3.05, 3.63) is 81.0 Å². The Bertz CT molecular complexity index is 1570. The van der Waals surface area contributed by atoms with Gasteiger partial charge < -0.3 is 16.0 Å². The minimum atomic E-state index is -0.654. The van der Waals surface area contributed by atoms with Gasteiger partial charge in [-0.05, 0) is 80.8 Å². The number of nitrogens with two attached hydrogens (primary N) is 1. The first-order valence-electron chi connectivity index (χ1n) is 13.6. The van der Waals surface area contributed by atoms with E-state index in [2.05, 4.69) is 11.9 Å². The molecule has 3 aromatic rings. The molecule has 0 bridgehead atoms. The third kappa shape index (κ3) is 5.13. The van der Waals surface area contributed by atoms with Gasteiger partial charge in [-0.3, -0.25) is 18.7 Å². The zero-order valence-corrected chi connectivity index (χ0v) is 22.4. The number of nitrogens with one attached hydrogen (secondary N) is 1. The van der Waals surface area contributed by atoms with Gasteiger partial charge in [0.15, 0.2) is 0 Å². The van der Waals surface area contributed by atoms with Crippen LogP contribution in [0.15, 0.2) is 58.6 Å². The molecule has 1 aliphatic heterocycles. The summed E-state index contributed by atoms with van der Waals surface area (Å²) in [7, 11) is 0. The second-order valence-electron chi connectivity index (χ2n) is 10.9. The molecule has 5 rings (SSSR count). The predicted octanol–water partition coefficient (Wildman–Crippen LogP) is 4.27. The molecule has 3 N–H and O–H groups in total. The van der Waals surface area contributed by atoms with Crippen LogP contribution in [0, 0.1) is 11.8 Å². The van der Waals surface area contributed by atoms with Gasteiger partial charge in [-0.2, -0.15) is 0 Å². The first kappa shape index (κ1) is 26.5. The zero-order valence-electron chi connectivity index (χ0n) is 22.4. The molecule has 0 spiro atoms. The number of nitrogens with zero attached hydrogens (tertiary/aromatic N) is 3. The molecule has 0 radical (unpaired) electrons. The molecule has 1 aromatic heterocycles. The Kier molecular flexibility index (Phi) is 7.16. The maximum atomic E-state index is 13.6. The largest absolute Gasteiger partial charge is 0.351 e. The summed E-state index contributed by atoms with van der Waals surface area (Å²) in [4.78, 5) is 54.6. The Hall–Kier alpha value is -4.14. The number of carbonyl (C=O) groups is 2. The standard InChI is InChI=1S/C30H35N5O4/c1-4-19-7-5-8-22(15-19)32-27(36)23-9-6-14-33(29(31)38)26(23)21-12-13-25-24(16-21)28(37)34(17-20-10-11-20)30(39)35(25)18(2)3/h4-5,7-8,12-13,15-16,18,20,23,26H,1,6,9-11,14,17H2,2-3H3,(H2,31,38)(H,32,36). The van der Waals surface area contributed by atoms with Gasteiger partial charge in [0.2, 0.25) is 5.91 Å². The Morgan fingerprint density at radius 2 is 1.90 bits per heavy atom. The summed E-state index contributed by atoms with van der Waals surface area (Å²) in [6.07, 6.45) is 4.90. The smallest absolute Gasteiger partial charge is 0.331 e. The molecule has 1 aliphatic carbocycles. The van der Waals surface area contributed by atoms with Crippen molar-refractivity contribution < 1.29 is 9.59 Å². The number of primary amides is 1. The van der Waals surface area contributed by atoms with Crippen LogP contribution in [0.25, 0.3) is 17.0 Å². The first-order chi connectivity index (χ1) is 18.7. The average molecular weight is 530 g/mol. The maximum Gasteiger partial charge on any atom is 0.331 e. The van der Waals surface area contributed by atoms with Gasteiger partial charge in [0.25, 0.3) is 5.56 Å². The molecule has 2 aliphatic rings. The summed E-state index contributed by atoms with van der Waals surface area (Å²) in [6.45, 7) is 8.42. The zero-order chi connectivity index (χ0) is 27.8. The summed E-state index contributed by atoms with van der Waals surface area (Å²) in [6, 6.07) is 11.2. The van der Waals surface area contributed by atoms with Gasteiger partial charge in [-0.25, -0.2) is 9.59 Å². The van der Waals surface area contributed by atoms with Crippen LogP contribution in [0.4, 0.5) is 10.5 Å². The van der Waals surface area contributed by atoms with Crippen LogP contribution in [0.1, 0.15) is 62.7 Å². The van der Waals surface area contributed by atoms with Crippen molar-refractivity contribution in [3.8, 4) is 0 Å². The SMILES string of the molecule is C=Cc1cccc(NC(=O)C2CCCN(C(N)=O)C2c2ccc3c(c2)c(=O)n(CC2CC2)c(=O)n3C(C)C)c1. The monoisotopic (exact) mass is 529 g/mol. The maximum absolute atomic E-state index is 13.6. The molecule has 9 nitrogen and oxygen atoms in total. The van der Waals surface area contributed by atoms with E-state index in [1.807, 2.05) is 32.0 Å². The predicted molar refractivity (Wildman–Crippen MR) is 152 cm³/mol. The lowest BCUT2D eigenvalue weighted by Crippen LogP contribution is -2.48. The summed E-state index contributed by atoms with van der Waals surface area (Å²) >= 11 is 0. The number of rotatable bonds is 7. The van der Waals surface area contributed by atoms with Gasteiger partial charge >= 0.3 is 11.7 Å². The number of fused-ring (bicyclic) bond motifs is 1. The van der Waals surface area contributed by atoms with Crippen molar-refractivity contribution in [1.29, 1.82) is 0 Å². The fourth-order valence-electron chi connectivity index (χ4n) is 5.71. The van der Waals surface area contributed by atoms with Crippen LogP contribution in [-0.4, -0.2) is 32.5 Å². The second kappa shape index (κ2) is 10.6. The third-order valence-corrected chi connectivity index (χ3v) is 7.83. The molecule has 2 heterocycles.